The van der Waals surface area contributed by atoms with Crippen molar-refractivity contribution in [2.75, 3.05) is 39.2 Å². The van der Waals surface area contributed by atoms with Gasteiger partial charge in [-0.05, 0) is 31.6 Å². The topological polar surface area (TPSA) is 49.4 Å². The molecule has 1 unspecified atom stereocenters. The molecule has 5 heteroatoms. The summed E-state index contributed by atoms with van der Waals surface area (Å²) in [6.45, 7) is 3.49. The van der Waals surface area contributed by atoms with E-state index in [1.807, 2.05) is 14.1 Å². The third-order valence-electron chi connectivity index (χ3n) is 3.48. The van der Waals surface area contributed by atoms with E-state index < -0.39 is 9.84 Å². The van der Waals surface area contributed by atoms with Crippen LogP contribution in [0, 0.1) is 0 Å². The number of hydrogen-bond acceptors (Lipinski definition) is 4. The van der Waals surface area contributed by atoms with Crippen molar-refractivity contribution in [1.29, 1.82) is 0 Å². The van der Waals surface area contributed by atoms with Crippen molar-refractivity contribution in [1.82, 2.24) is 10.2 Å². The molecule has 0 spiro atoms. The molecule has 4 nitrogen and oxygen atoms in total. The molecule has 0 aliphatic rings. The zero-order valence-electron chi connectivity index (χ0n) is 12.9. The molecule has 114 valence electrons. The van der Waals surface area contributed by atoms with Gasteiger partial charge in [0.2, 0.25) is 0 Å². The lowest BCUT2D eigenvalue weighted by atomic mass is 10.0. The van der Waals surface area contributed by atoms with Crippen molar-refractivity contribution in [2.24, 2.45) is 0 Å². The number of hydrogen-bond donors (Lipinski definition) is 1. The molecule has 0 aliphatic heterocycles. The predicted octanol–water partition coefficient (Wildman–Crippen LogP) is 1.49. The molecule has 1 atom stereocenters. The van der Waals surface area contributed by atoms with Gasteiger partial charge in [0.15, 0.2) is 0 Å². The first-order valence-electron chi connectivity index (χ1n) is 6.98. The maximum absolute atomic E-state index is 11.2. The highest BCUT2D eigenvalue weighted by Gasteiger charge is 2.13. The zero-order chi connectivity index (χ0) is 15.2. The van der Waals surface area contributed by atoms with Crippen LogP contribution in [-0.4, -0.2) is 52.5 Å². The van der Waals surface area contributed by atoms with Crippen LogP contribution >= 0.6 is 0 Å². The molecule has 0 saturated heterocycles. The highest BCUT2D eigenvalue weighted by atomic mass is 32.2. The maximum Gasteiger partial charge on any atom is 0.148 e. The molecule has 0 amide bonds. The fourth-order valence-corrected chi connectivity index (χ4v) is 2.72. The lowest BCUT2D eigenvalue weighted by molar-refractivity contribution is 0.311. The standard InChI is InChI=1S/C15H26N2O2S/c1-5-13-6-8-14(9-7-13)15(16-2)12-17(3)10-11-20(4,18)19/h6-9,15-16H,5,10-12H2,1-4H3. The summed E-state index contributed by atoms with van der Waals surface area (Å²) in [4.78, 5) is 2.05. The first-order valence-corrected chi connectivity index (χ1v) is 9.04. The number of nitrogens with one attached hydrogen (secondary N) is 1. The average Bonchev–Trinajstić information content (AvgIpc) is 2.42. The third-order valence-corrected chi connectivity index (χ3v) is 4.40. The van der Waals surface area contributed by atoms with Gasteiger partial charge in [-0.3, -0.25) is 0 Å². The van der Waals surface area contributed by atoms with E-state index in [-0.39, 0.29) is 11.8 Å². The number of nitrogens with zero attached hydrogens (tertiary/aromatic N) is 1. The minimum Gasteiger partial charge on any atom is -0.312 e. The van der Waals surface area contributed by atoms with E-state index in [1.54, 1.807) is 0 Å². The van der Waals surface area contributed by atoms with Crippen LogP contribution in [0.15, 0.2) is 24.3 Å². The largest absolute Gasteiger partial charge is 0.312 e. The molecular weight excluding hydrogens is 272 g/mol. The Morgan fingerprint density at radius 2 is 1.85 bits per heavy atom. The number of likely N-dealkylation sites (N-methyl/N-ethyl adjacent to an activating group) is 2. The SMILES string of the molecule is CCc1ccc(C(CN(C)CCS(C)(=O)=O)NC)cc1. The first-order chi connectivity index (χ1) is 9.35. The van der Waals surface area contributed by atoms with E-state index in [2.05, 4.69) is 41.4 Å². The van der Waals surface area contributed by atoms with Crippen molar-refractivity contribution in [3.05, 3.63) is 35.4 Å². The van der Waals surface area contributed by atoms with Gasteiger partial charge >= 0.3 is 0 Å². The fourth-order valence-electron chi connectivity index (χ4n) is 2.07. The van der Waals surface area contributed by atoms with Gasteiger partial charge < -0.3 is 10.2 Å². The summed E-state index contributed by atoms with van der Waals surface area (Å²) in [6, 6.07) is 8.80. The molecule has 0 fully saturated rings. The number of aryl methyl sites for hydroxylation is 1. The monoisotopic (exact) mass is 298 g/mol. The van der Waals surface area contributed by atoms with Crippen molar-refractivity contribution in [3.8, 4) is 0 Å². The van der Waals surface area contributed by atoms with Gasteiger partial charge in [-0.25, -0.2) is 8.42 Å². The molecule has 0 bridgehead atoms. The summed E-state index contributed by atoms with van der Waals surface area (Å²) < 4.78 is 22.4. The zero-order valence-corrected chi connectivity index (χ0v) is 13.7. The summed E-state index contributed by atoms with van der Waals surface area (Å²) in [5, 5.41) is 3.29. The van der Waals surface area contributed by atoms with E-state index >= 15 is 0 Å². The van der Waals surface area contributed by atoms with Gasteiger partial charge in [0.25, 0.3) is 0 Å². The van der Waals surface area contributed by atoms with Crippen LogP contribution in [0.5, 0.6) is 0 Å². The Morgan fingerprint density at radius 3 is 2.30 bits per heavy atom. The molecule has 1 aromatic rings. The van der Waals surface area contributed by atoms with E-state index in [1.165, 1.54) is 17.4 Å². The van der Waals surface area contributed by atoms with Gasteiger partial charge in [-0.2, -0.15) is 0 Å². The quantitative estimate of drug-likeness (QED) is 0.790. The Labute approximate surface area is 123 Å². The van der Waals surface area contributed by atoms with Crippen molar-refractivity contribution >= 4 is 9.84 Å². The van der Waals surface area contributed by atoms with E-state index in [0.29, 0.717) is 6.54 Å². The lowest BCUT2D eigenvalue weighted by Gasteiger charge is -2.24. The lowest BCUT2D eigenvalue weighted by Crippen LogP contribution is -2.34. The van der Waals surface area contributed by atoms with E-state index in [0.717, 1.165) is 13.0 Å². The van der Waals surface area contributed by atoms with Crippen LogP contribution in [0.4, 0.5) is 0 Å². The minimum absolute atomic E-state index is 0.203. The number of sulfone groups is 1. The van der Waals surface area contributed by atoms with Crippen molar-refractivity contribution < 1.29 is 8.42 Å². The smallest absolute Gasteiger partial charge is 0.148 e. The second kappa shape index (κ2) is 7.76. The van der Waals surface area contributed by atoms with E-state index in [9.17, 15) is 8.42 Å². The van der Waals surface area contributed by atoms with Crippen LogP contribution in [0.25, 0.3) is 0 Å². The first kappa shape index (κ1) is 17.1. The van der Waals surface area contributed by atoms with Gasteiger partial charge in [-0.15, -0.1) is 0 Å². The molecule has 0 aromatic heterocycles. The van der Waals surface area contributed by atoms with Crippen LogP contribution in [0.3, 0.4) is 0 Å². The Morgan fingerprint density at radius 1 is 1.25 bits per heavy atom. The van der Waals surface area contributed by atoms with Crippen molar-refractivity contribution in [3.63, 3.8) is 0 Å². The summed E-state index contributed by atoms with van der Waals surface area (Å²) >= 11 is 0. The fraction of sp³-hybridized carbons (Fsp3) is 0.600. The van der Waals surface area contributed by atoms with Gasteiger partial charge in [0, 0.05) is 25.4 Å². The Bertz CT molecular complexity index is 497. The normalized spacial score (nSPS) is 13.7. The van der Waals surface area contributed by atoms with Crippen molar-refractivity contribution in [2.45, 2.75) is 19.4 Å². The summed E-state index contributed by atoms with van der Waals surface area (Å²) in [5.41, 5.74) is 2.56. The highest BCUT2D eigenvalue weighted by Crippen LogP contribution is 2.15. The molecule has 1 aromatic carbocycles. The Kier molecular flexibility index (Phi) is 6.65. The molecule has 1 rings (SSSR count). The third kappa shape index (κ3) is 6.03. The molecule has 1 N–H and O–H groups in total. The second-order valence-corrected chi connectivity index (χ2v) is 7.59. The molecule has 0 heterocycles. The van der Waals surface area contributed by atoms with E-state index in [4.69, 9.17) is 0 Å². The van der Waals surface area contributed by atoms with Crippen LogP contribution in [0.2, 0.25) is 0 Å². The summed E-state index contributed by atoms with van der Waals surface area (Å²) in [7, 11) is 0.990. The van der Waals surface area contributed by atoms with Crippen LogP contribution in [-0.2, 0) is 16.3 Å². The van der Waals surface area contributed by atoms with Gasteiger partial charge in [0.05, 0.1) is 5.75 Å². The van der Waals surface area contributed by atoms with Gasteiger partial charge in [0.1, 0.15) is 9.84 Å². The van der Waals surface area contributed by atoms with Crippen LogP contribution in [0.1, 0.15) is 24.1 Å². The summed E-state index contributed by atoms with van der Waals surface area (Å²) in [6.07, 6.45) is 2.32. The van der Waals surface area contributed by atoms with Crippen LogP contribution < -0.4 is 5.32 Å². The highest BCUT2D eigenvalue weighted by molar-refractivity contribution is 7.90. The second-order valence-electron chi connectivity index (χ2n) is 5.33. The minimum atomic E-state index is -2.90. The Balaban J connectivity index is 2.61. The molecule has 20 heavy (non-hydrogen) atoms. The molecular formula is C15H26N2O2S. The number of benzene rings is 1. The molecule has 0 saturated carbocycles. The Hall–Kier alpha value is -0.910. The summed E-state index contributed by atoms with van der Waals surface area (Å²) in [5.74, 6) is 0.203. The average molecular weight is 298 g/mol. The maximum atomic E-state index is 11.2. The number of rotatable bonds is 8. The van der Waals surface area contributed by atoms with Gasteiger partial charge in [-0.1, -0.05) is 31.2 Å². The molecule has 0 radical (unpaired) electrons. The predicted molar refractivity (Wildman–Crippen MR) is 84.8 cm³/mol. The molecule has 0 aliphatic carbocycles.